The second kappa shape index (κ2) is 5.75. The van der Waals surface area contributed by atoms with E-state index in [4.69, 9.17) is 11.6 Å². The quantitative estimate of drug-likeness (QED) is 0.834. The summed E-state index contributed by atoms with van der Waals surface area (Å²) in [5.41, 5.74) is 3.00. The molecule has 0 bridgehead atoms. The van der Waals surface area contributed by atoms with Crippen LogP contribution in [0.1, 0.15) is 40.7 Å². The molecule has 1 aromatic carbocycles. The minimum absolute atomic E-state index is 0.0329. The molecule has 2 atom stereocenters. The number of amides is 1. The molecule has 0 saturated heterocycles. The first-order valence-corrected chi connectivity index (χ1v) is 6.99. The van der Waals surface area contributed by atoms with Crippen LogP contribution in [0.5, 0.6) is 0 Å². The Bertz CT molecular complexity index is 444. The molecule has 2 rings (SSSR count). The maximum Gasteiger partial charge on any atom is 0.251 e. The highest BCUT2D eigenvalue weighted by Gasteiger charge is 2.23. The second-order valence-electron chi connectivity index (χ2n) is 5.30. The van der Waals surface area contributed by atoms with E-state index in [1.54, 1.807) is 0 Å². The van der Waals surface area contributed by atoms with Crippen molar-refractivity contribution in [1.29, 1.82) is 0 Å². The molecule has 1 fully saturated rings. The van der Waals surface area contributed by atoms with Gasteiger partial charge in [-0.05, 0) is 50.7 Å². The fraction of sp³-hybridized carbons (Fsp3) is 0.533. The Morgan fingerprint density at radius 3 is 2.78 bits per heavy atom. The number of aryl methyl sites for hydroxylation is 2. The van der Waals surface area contributed by atoms with E-state index in [9.17, 15) is 4.79 Å². The van der Waals surface area contributed by atoms with Crippen molar-refractivity contribution in [3.05, 3.63) is 34.9 Å². The molecule has 0 aromatic heterocycles. The summed E-state index contributed by atoms with van der Waals surface area (Å²) in [6.45, 7) is 4.76. The molecule has 3 heteroatoms. The fourth-order valence-corrected chi connectivity index (χ4v) is 2.98. The van der Waals surface area contributed by atoms with Crippen molar-refractivity contribution in [1.82, 2.24) is 5.32 Å². The monoisotopic (exact) mass is 265 g/mol. The lowest BCUT2D eigenvalue weighted by Crippen LogP contribution is -2.29. The van der Waals surface area contributed by atoms with Crippen LogP contribution in [0.4, 0.5) is 0 Å². The van der Waals surface area contributed by atoms with Crippen molar-refractivity contribution in [2.24, 2.45) is 5.92 Å². The average molecular weight is 266 g/mol. The van der Waals surface area contributed by atoms with Gasteiger partial charge in [0.1, 0.15) is 0 Å². The number of nitrogens with one attached hydrogen (secondary N) is 1. The van der Waals surface area contributed by atoms with E-state index in [1.807, 2.05) is 32.0 Å². The summed E-state index contributed by atoms with van der Waals surface area (Å²) in [5, 5.41) is 3.32. The Labute approximate surface area is 114 Å². The third-order valence-corrected chi connectivity index (χ3v) is 4.05. The molecule has 1 N–H and O–H groups in total. The van der Waals surface area contributed by atoms with E-state index < -0.39 is 0 Å². The van der Waals surface area contributed by atoms with Crippen LogP contribution >= 0.6 is 11.6 Å². The zero-order chi connectivity index (χ0) is 13.1. The first-order valence-electron chi connectivity index (χ1n) is 6.56. The van der Waals surface area contributed by atoms with Gasteiger partial charge in [0.15, 0.2) is 0 Å². The van der Waals surface area contributed by atoms with E-state index >= 15 is 0 Å². The molecule has 1 aliphatic rings. The molecular formula is C15H20ClNO. The van der Waals surface area contributed by atoms with E-state index in [2.05, 4.69) is 5.32 Å². The first kappa shape index (κ1) is 13.4. The van der Waals surface area contributed by atoms with Crippen LogP contribution in [0.15, 0.2) is 18.2 Å². The Hall–Kier alpha value is -1.02. The van der Waals surface area contributed by atoms with Crippen LogP contribution in [0.25, 0.3) is 0 Å². The molecule has 1 saturated carbocycles. The van der Waals surface area contributed by atoms with Crippen LogP contribution in [0, 0.1) is 19.8 Å². The Morgan fingerprint density at radius 2 is 2.17 bits per heavy atom. The number of hydrogen-bond donors (Lipinski definition) is 1. The summed E-state index contributed by atoms with van der Waals surface area (Å²) in [4.78, 5) is 12.1. The van der Waals surface area contributed by atoms with E-state index in [-0.39, 0.29) is 5.91 Å². The number of rotatable bonds is 3. The number of benzene rings is 1. The van der Waals surface area contributed by atoms with E-state index in [0.717, 1.165) is 36.9 Å². The summed E-state index contributed by atoms with van der Waals surface area (Å²) in [5.74, 6) is 0.577. The summed E-state index contributed by atoms with van der Waals surface area (Å²) in [6.07, 6.45) is 3.22. The maximum absolute atomic E-state index is 12.1. The molecule has 0 aliphatic heterocycles. The average Bonchev–Trinajstić information content (AvgIpc) is 2.72. The highest BCUT2D eigenvalue weighted by molar-refractivity contribution is 6.20. The lowest BCUT2D eigenvalue weighted by molar-refractivity contribution is 0.0947. The molecule has 18 heavy (non-hydrogen) atoms. The number of alkyl halides is 1. The fourth-order valence-electron chi connectivity index (χ4n) is 2.60. The predicted octanol–water partition coefficient (Wildman–Crippen LogP) is 3.44. The molecule has 1 aliphatic carbocycles. The lowest BCUT2D eigenvalue weighted by Gasteiger charge is -2.12. The summed E-state index contributed by atoms with van der Waals surface area (Å²) in [7, 11) is 0. The number of hydrogen-bond acceptors (Lipinski definition) is 1. The van der Waals surface area contributed by atoms with Gasteiger partial charge in [0, 0.05) is 17.5 Å². The third-order valence-electron chi connectivity index (χ3n) is 3.66. The van der Waals surface area contributed by atoms with Crippen LogP contribution in [-0.4, -0.2) is 17.8 Å². The van der Waals surface area contributed by atoms with Crippen LogP contribution in [0.2, 0.25) is 0 Å². The van der Waals surface area contributed by atoms with Crippen molar-refractivity contribution in [2.45, 2.75) is 38.5 Å². The van der Waals surface area contributed by atoms with Gasteiger partial charge in [0.2, 0.25) is 0 Å². The largest absolute Gasteiger partial charge is 0.352 e. The van der Waals surface area contributed by atoms with Gasteiger partial charge in [-0.1, -0.05) is 17.7 Å². The smallest absolute Gasteiger partial charge is 0.251 e. The Balaban J connectivity index is 1.91. The van der Waals surface area contributed by atoms with Crippen LogP contribution in [0.3, 0.4) is 0 Å². The zero-order valence-electron chi connectivity index (χ0n) is 11.0. The Morgan fingerprint density at radius 1 is 1.39 bits per heavy atom. The van der Waals surface area contributed by atoms with Crippen molar-refractivity contribution in [3.8, 4) is 0 Å². The molecule has 1 aromatic rings. The van der Waals surface area contributed by atoms with Gasteiger partial charge in [0.05, 0.1) is 0 Å². The summed E-state index contributed by atoms with van der Waals surface area (Å²) < 4.78 is 0. The van der Waals surface area contributed by atoms with Crippen LogP contribution < -0.4 is 5.32 Å². The molecule has 0 radical (unpaired) electrons. The highest BCUT2D eigenvalue weighted by atomic mass is 35.5. The maximum atomic E-state index is 12.1. The van der Waals surface area contributed by atoms with Gasteiger partial charge in [-0.15, -0.1) is 11.6 Å². The molecule has 2 nitrogen and oxygen atoms in total. The second-order valence-corrected chi connectivity index (χ2v) is 5.92. The van der Waals surface area contributed by atoms with Gasteiger partial charge in [-0.3, -0.25) is 4.79 Å². The molecule has 0 spiro atoms. The number of halogens is 1. The van der Waals surface area contributed by atoms with Crippen molar-refractivity contribution < 1.29 is 4.79 Å². The predicted molar refractivity (Wildman–Crippen MR) is 75.2 cm³/mol. The van der Waals surface area contributed by atoms with E-state index in [0.29, 0.717) is 11.3 Å². The molecule has 98 valence electrons. The lowest BCUT2D eigenvalue weighted by atomic mass is 10.0. The molecule has 2 unspecified atom stereocenters. The number of carbonyl (C=O) groups is 1. The van der Waals surface area contributed by atoms with Crippen LogP contribution in [-0.2, 0) is 0 Å². The first-order chi connectivity index (χ1) is 8.56. The van der Waals surface area contributed by atoms with E-state index in [1.165, 1.54) is 5.56 Å². The highest BCUT2D eigenvalue weighted by Crippen LogP contribution is 2.28. The minimum atomic E-state index is 0.0329. The number of carbonyl (C=O) groups excluding carboxylic acids is 1. The van der Waals surface area contributed by atoms with Crippen molar-refractivity contribution >= 4 is 17.5 Å². The van der Waals surface area contributed by atoms with Gasteiger partial charge < -0.3 is 5.32 Å². The van der Waals surface area contributed by atoms with Gasteiger partial charge in [0.25, 0.3) is 5.91 Å². The zero-order valence-corrected chi connectivity index (χ0v) is 11.8. The SMILES string of the molecule is Cc1ccc(C(=O)NCC2CCC(Cl)C2)c(C)c1. The van der Waals surface area contributed by atoms with Crippen molar-refractivity contribution in [3.63, 3.8) is 0 Å². The summed E-state index contributed by atoms with van der Waals surface area (Å²) in [6, 6.07) is 5.92. The van der Waals surface area contributed by atoms with Crippen molar-refractivity contribution in [2.75, 3.05) is 6.54 Å². The molecule has 0 heterocycles. The third kappa shape index (κ3) is 3.26. The standard InChI is InChI=1S/C15H20ClNO/c1-10-3-6-14(11(2)7-10)15(18)17-9-12-4-5-13(16)8-12/h3,6-7,12-13H,4-5,8-9H2,1-2H3,(H,17,18). The molecule has 1 amide bonds. The van der Waals surface area contributed by atoms with Gasteiger partial charge in [-0.2, -0.15) is 0 Å². The van der Waals surface area contributed by atoms with Gasteiger partial charge >= 0.3 is 0 Å². The molecular weight excluding hydrogens is 246 g/mol. The minimum Gasteiger partial charge on any atom is -0.352 e. The summed E-state index contributed by atoms with van der Waals surface area (Å²) >= 11 is 6.07. The van der Waals surface area contributed by atoms with Gasteiger partial charge in [-0.25, -0.2) is 0 Å². The Kier molecular flexibility index (Phi) is 4.28. The topological polar surface area (TPSA) is 29.1 Å². The normalized spacial score (nSPS) is 23.1.